The SMILES string of the molecule is Cc1ccc(CN2CCN(C3=NC4C(C(=O)NC(=O)N4C)N3Cc3cccc(Cl)c3)CC2)cc1. The van der Waals surface area contributed by atoms with Gasteiger partial charge in [0, 0.05) is 51.3 Å². The van der Waals surface area contributed by atoms with Crippen LogP contribution in [-0.2, 0) is 17.9 Å². The van der Waals surface area contributed by atoms with Crippen LogP contribution >= 0.6 is 11.6 Å². The summed E-state index contributed by atoms with van der Waals surface area (Å²) in [4.78, 5) is 38.2. The molecule has 1 N–H and O–H groups in total. The monoisotopic (exact) mass is 480 g/mol. The zero-order valence-corrected chi connectivity index (χ0v) is 20.2. The van der Waals surface area contributed by atoms with E-state index in [1.807, 2.05) is 29.2 Å². The number of urea groups is 1. The molecule has 0 radical (unpaired) electrons. The van der Waals surface area contributed by atoms with Gasteiger partial charge in [-0.3, -0.25) is 15.0 Å². The molecule has 0 aromatic heterocycles. The molecule has 0 aliphatic carbocycles. The van der Waals surface area contributed by atoms with Crippen molar-refractivity contribution in [2.75, 3.05) is 33.2 Å². The average molecular weight is 481 g/mol. The lowest BCUT2D eigenvalue weighted by atomic mass is 10.1. The highest BCUT2D eigenvalue weighted by atomic mass is 35.5. The summed E-state index contributed by atoms with van der Waals surface area (Å²) < 4.78 is 0. The van der Waals surface area contributed by atoms with E-state index in [4.69, 9.17) is 16.6 Å². The molecule has 34 heavy (non-hydrogen) atoms. The number of fused-ring (bicyclic) bond motifs is 1. The predicted molar refractivity (Wildman–Crippen MR) is 131 cm³/mol. The number of aliphatic imine (C=N–C) groups is 1. The van der Waals surface area contributed by atoms with Crippen LogP contribution in [0.5, 0.6) is 0 Å². The number of carbonyl (C=O) groups is 2. The van der Waals surface area contributed by atoms with E-state index in [0.717, 1.165) is 44.2 Å². The van der Waals surface area contributed by atoms with Crippen molar-refractivity contribution in [3.8, 4) is 0 Å². The van der Waals surface area contributed by atoms with Gasteiger partial charge in [0.1, 0.15) is 0 Å². The van der Waals surface area contributed by atoms with Gasteiger partial charge in [-0.25, -0.2) is 9.79 Å². The first kappa shape index (κ1) is 22.7. The molecule has 3 amide bonds. The highest BCUT2D eigenvalue weighted by molar-refractivity contribution is 6.30. The number of benzene rings is 2. The lowest BCUT2D eigenvalue weighted by Gasteiger charge is -2.40. The van der Waals surface area contributed by atoms with Crippen LogP contribution in [-0.4, -0.2) is 82.9 Å². The van der Waals surface area contributed by atoms with E-state index in [-0.39, 0.29) is 5.91 Å². The van der Waals surface area contributed by atoms with Crippen molar-refractivity contribution >= 4 is 29.5 Å². The van der Waals surface area contributed by atoms with E-state index in [2.05, 4.69) is 46.3 Å². The van der Waals surface area contributed by atoms with Crippen molar-refractivity contribution in [2.24, 2.45) is 4.99 Å². The number of likely N-dealkylation sites (N-methyl/N-ethyl adjacent to an activating group) is 1. The lowest BCUT2D eigenvalue weighted by molar-refractivity contribution is -0.127. The molecule has 0 spiro atoms. The summed E-state index contributed by atoms with van der Waals surface area (Å²) in [5.41, 5.74) is 3.57. The van der Waals surface area contributed by atoms with Crippen LogP contribution in [0, 0.1) is 6.92 Å². The van der Waals surface area contributed by atoms with Crippen LogP contribution in [0.4, 0.5) is 4.79 Å². The van der Waals surface area contributed by atoms with E-state index in [1.54, 1.807) is 7.05 Å². The minimum absolute atomic E-state index is 0.313. The quantitative estimate of drug-likeness (QED) is 0.728. The van der Waals surface area contributed by atoms with Crippen molar-refractivity contribution in [1.82, 2.24) is 24.9 Å². The smallest absolute Gasteiger partial charge is 0.325 e. The number of carbonyl (C=O) groups excluding carboxylic acids is 2. The van der Waals surface area contributed by atoms with E-state index in [9.17, 15) is 9.59 Å². The van der Waals surface area contributed by atoms with Crippen LogP contribution < -0.4 is 5.32 Å². The normalized spacial score (nSPS) is 23.1. The second-order valence-electron chi connectivity index (χ2n) is 9.20. The average Bonchev–Trinajstić information content (AvgIpc) is 3.19. The third kappa shape index (κ3) is 4.48. The van der Waals surface area contributed by atoms with E-state index < -0.39 is 18.2 Å². The molecule has 2 aromatic carbocycles. The summed E-state index contributed by atoms with van der Waals surface area (Å²) >= 11 is 6.22. The van der Waals surface area contributed by atoms with Crippen LogP contribution in [0.25, 0.3) is 0 Å². The number of guanidine groups is 1. The molecule has 3 aliphatic rings. The topological polar surface area (TPSA) is 71.5 Å². The van der Waals surface area contributed by atoms with Crippen molar-refractivity contribution in [3.05, 3.63) is 70.2 Å². The van der Waals surface area contributed by atoms with Gasteiger partial charge in [-0.1, -0.05) is 53.6 Å². The van der Waals surface area contributed by atoms with E-state index in [1.165, 1.54) is 16.0 Å². The minimum Gasteiger partial charge on any atom is -0.340 e. The van der Waals surface area contributed by atoms with Gasteiger partial charge in [-0.05, 0) is 30.2 Å². The van der Waals surface area contributed by atoms with Gasteiger partial charge in [0.25, 0.3) is 5.91 Å². The summed E-state index contributed by atoms with van der Waals surface area (Å²) in [5.74, 6) is 0.452. The summed E-state index contributed by atoms with van der Waals surface area (Å²) in [6.45, 7) is 6.90. The molecule has 0 bridgehead atoms. The Kier molecular flexibility index (Phi) is 6.18. The third-order valence-corrected chi connectivity index (χ3v) is 7.00. The first-order chi connectivity index (χ1) is 16.4. The first-order valence-electron chi connectivity index (χ1n) is 11.6. The van der Waals surface area contributed by atoms with Crippen molar-refractivity contribution in [3.63, 3.8) is 0 Å². The molecule has 2 fully saturated rings. The Morgan fingerprint density at radius 1 is 1.00 bits per heavy atom. The second kappa shape index (κ2) is 9.27. The largest absolute Gasteiger partial charge is 0.340 e. The number of piperazine rings is 1. The summed E-state index contributed by atoms with van der Waals surface area (Å²) in [6.07, 6.45) is -0.541. The Morgan fingerprint density at radius 3 is 2.44 bits per heavy atom. The Labute approximate surface area is 204 Å². The summed E-state index contributed by atoms with van der Waals surface area (Å²) in [6, 6.07) is 15.3. The third-order valence-electron chi connectivity index (χ3n) is 6.76. The van der Waals surface area contributed by atoms with Gasteiger partial charge in [-0.2, -0.15) is 0 Å². The van der Waals surface area contributed by atoms with Gasteiger partial charge in [-0.15, -0.1) is 0 Å². The zero-order chi connectivity index (χ0) is 23.8. The lowest BCUT2D eigenvalue weighted by Crippen LogP contribution is -2.64. The fourth-order valence-corrected chi connectivity index (χ4v) is 5.05. The number of aryl methyl sites for hydroxylation is 1. The second-order valence-corrected chi connectivity index (χ2v) is 9.64. The zero-order valence-electron chi connectivity index (χ0n) is 19.4. The van der Waals surface area contributed by atoms with Gasteiger partial charge in [0.05, 0.1) is 0 Å². The summed E-state index contributed by atoms with van der Waals surface area (Å²) in [7, 11) is 1.68. The number of nitrogens with zero attached hydrogens (tertiary/aromatic N) is 5. The maximum atomic E-state index is 12.9. The van der Waals surface area contributed by atoms with Crippen LogP contribution in [0.3, 0.4) is 0 Å². The van der Waals surface area contributed by atoms with E-state index in [0.29, 0.717) is 11.6 Å². The molecule has 2 unspecified atom stereocenters. The number of hydrogen-bond acceptors (Lipinski definition) is 6. The maximum absolute atomic E-state index is 12.9. The molecule has 5 rings (SSSR count). The molecular formula is C25H29ClN6O2. The number of imide groups is 1. The Bertz CT molecular complexity index is 1110. The molecular weight excluding hydrogens is 452 g/mol. The highest BCUT2D eigenvalue weighted by Crippen LogP contribution is 2.28. The molecule has 9 heteroatoms. The van der Waals surface area contributed by atoms with Gasteiger partial charge >= 0.3 is 6.03 Å². The molecule has 2 saturated heterocycles. The standard InChI is InChI=1S/C25H29ClN6O2/c1-17-6-8-18(9-7-17)15-30-10-12-31(13-11-30)24-27-22-21(23(33)28-25(34)29(22)2)32(24)16-19-4-3-5-20(26)14-19/h3-9,14,21-22H,10-13,15-16H2,1-2H3,(H,28,33,34). The number of nitrogens with one attached hydrogen (secondary N) is 1. The van der Waals surface area contributed by atoms with E-state index >= 15 is 0 Å². The van der Waals surface area contributed by atoms with Gasteiger partial charge in [0.2, 0.25) is 0 Å². The van der Waals surface area contributed by atoms with Crippen LogP contribution in [0.2, 0.25) is 5.02 Å². The number of amides is 3. The van der Waals surface area contributed by atoms with Gasteiger partial charge in [0.15, 0.2) is 18.2 Å². The first-order valence-corrected chi connectivity index (χ1v) is 12.0. The molecule has 3 aliphatic heterocycles. The number of rotatable bonds is 4. The molecule has 178 valence electrons. The highest BCUT2D eigenvalue weighted by Gasteiger charge is 2.49. The Balaban J connectivity index is 1.34. The molecule has 3 heterocycles. The Hall–Kier alpha value is -3.10. The van der Waals surface area contributed by atoms with Crippen LogP contribution in [0.1, 0.15) is 16.7 Å². The fourth-order valence-electron chi connectivity index (χ4n) is 4.83. The Morgan fingerprint density at radius 2 is 1.74 bits per heavy atom. The fraction of sp³-hybridized carbons (Fsp3) is 0.400. The van der Waals surface area contributed by atoms with Crippen LogP contribution in [0.15, 0.2) is 53.5 Å². The molecule has 0 saturated carbocycles. The number of hydrogen-bond donors (Lipinski definition) is 1. The molecule has 8 nitrogen and oxygen atoms in total. The maximum Gasteiger partial charge on any atom is 0.325 e. The molecule has 2 aromatic rings. The minimum atomic E-state index is -0.567. The number of halogens is 1. The van der Waals surface area contributed by atoms with Gasteiger partial charge < -0.3 is 14.7 Å². The predicted octanol–water partition coefficient (Wildman–Crippen LogP) is 2.51. The summed E-state index contributed by atoms with van der Waals surface area (Å²) in [5, 5.41) is 3.12. The van der Waals surface area contributed by atoms with Crippen molar-refractivity contribution < 1.29 is 9.59 Å². The van der Waals surface area contributed by atoms with Crippen molar-refractivity contribution in [1.29, 1.82) is 0 Å². The molecule has 2 atom stereocenters. The van der Waals surface area contributed by atoms with Crippen molar-refractivity contribution in [2.45, 2.75) is 32.2 Å².